The second-order valence-electron chi connectivity index (χ2n) is 6.37. The first-order chi connectivity index (χ1) is 14.2. The summed E-state index contributed by atoms with van der Waals surface area (Å²) < 4.78 is 10.6. The van der Waals surface area contributed by atoms with Crippen LogP contribution in [0.3, 0.4) is 0 Å². The molecule has 0 aliphatic heterocycles. The molecule has 6 nitrogen and oxygen atoms in total. The predicted molar refractivity (Wildman–Crippen MR) is 115 cm³/mol. The van der Waals surface area contributed by atoms with E-state index in [1.807, 2.05) is 55.5 Å². The molecule has 0 atom stereocenters. The van der Waals surface area contributed by atoms with Gasteiger partial charge in [-0.2, -0.15) is 0 Å². The number of hydrogen-bond donors (Lipinski definition) is 2. The van der Waals surface area contributed by atoms with Crippen LogP contribution in [0.4, 0.5) is 11.5 Å². The van der Waals surface area contributed by atoms with Crippen LogP contribution >= 0.6 is 0 Å². The molecule has 29 heavy (non-hydrogen) atoms. The number of amides is 1. The Morgan fingerprint density at radius 1 is 1.00 bits per heavy atom. The third-order valence-corrected chi connectivity index (χ3v) is 4.32. The van der Waals surface area contributed by atoms with Gasteiger partial charge < -0.3 is 20.1 Å². The molecule has 1 amide bonds. The van der Waals surface area contributed by atoms with Crippen molar-refractivity contribution in [2.45, 2.75) is 13.3 Å². The highest BCUT2D eigenvalue weighted by Crippen LogP contribution is 2.17. The fourth-order valence-electron chi connectivity index (χ4n) is 2.80. The molecule has 0 aliphatic carbocycles. The van der Waals surface area contributed by atoms with Crippen LogP contribution in [0.2, 0.25) is 0 Å². The number of pyridine rings is 1. The van der Waals surface area contributed by atoms with Gasteiger partial charge in [0.2, 0.25) is 0 Å². The maximum absolute atomic E-state index is 12.5. The van der Waals surface area contributed by atoms with E-state index in [0.717, 1.165) is 17.9 Å². The normalized spacial score (nSPS) is 10.3. The van der Waals surface area contributed by atoms with Gasteiger partial charge in [-0.1, -0.05) is 12.1 Å². The Morgan fingerprint density at radius 3 is 2.41 bits per heavy atom. The topological polar surface area (TPSA) is 72.5 Å². The molecule has 2 aromatic carbocycles. The summed E-state index contributed by atoms with van der Waals surface area (Å²) in [6.07, 6.45) is 2.47. The molecule has 150 valence electrons. The molecular weight excluding hydrogens is 366 g/mol. The third kappa shape index (κ3) is 5.97. The van der Waals surface area contributed by atoms with E-state index in [1.165, 1.54) is 5.56 Å². The zero-order chi connectivity index (χ0) is 20.5. The number of ether oxygens (including phenoxy) is 2. The molecule has 1 heterocycles. The molecule has 0 fully saturated rings. The minimum Gasteiger partial charge on any atom is -0.497 e. The lowest BCUT2D eigenvalue weighted by Crippen LogP contribution is -2.13. The average molecular weight is 391 g/mol. The van der Waals surface area contributed by atoms with E-state index in [2.05, 4.69) is 15.6 Å². The molecule has 3 aromatic rings. The van der Waals surface area contributed by atoms with Crippen LogP contribution in [-0.4, -0.2) is 31.2 Å². The zero-order valence-electron chi connectivity index (χ0n) is 16.6. The van der Waals surface area contributed by atoms with Gasteiger partial charge in [-0.25, -0.2) is 4.98 Å². The molecular formula is C23H25N3O3. The summed E-state index contributed by atoms with van der Waals surface area (Å²) in [5, 5.41) is 6.15. The minimum absolute atomic E-state index is 0.185. The van der Waals surface area contributed by atoms with E-state index in [1.54, 1.807) is 25.4 Å². The number of carbonyl (C=O) groups is 1. The number of nitrogens with zero attached hydrogens (tertiary/aromatic N) is 1. The number of anilines is 2. The predicted octanol–water partition coefficient (Wildman–Crippen LogP) is 4.40. The number of benzene rings is 2. The summed E-state index contributed by atoms with van der Waals surface area (Å²) >= 11 is 0. The van der Waals surface area contributed by atoms with Crippen molar-refractivity contribution in [1.82, 2.24) is 4.98 Å². The third-order valence-electron chi connectivity index (χ3n) is 4.32. The van der Waals surface area contributed by atoms with Crippen molar-refractivity contribution in [3.8, 4) is 11.5 Å². The van der Waals surface area contributed by atoms with Crippen LogP contribution < -0.4 is 20.1 Å². The van der Waals surface area contributed by atoms with E-state index in [-0.39, 0.29) is 5.91 Å². The Bertz CT molecular complexity index is 925. The number of rotatable bonds is 9. The second-order valence-corrected chi connectivity index (χ2v) is 6.37. The minimum atomic E-state index is -0.185. The van der Waals surface area contributed by atoms with Gasteiger partial charge in [0.1, 0.15) is 17.3 Å². The molecule has 3 rings (SSSR count). The standard InChI is InChI=1S/C23H25N3O3/c1-3-29-21-10-6-19(7-11-21)26-23(27)18-13-15-25-22(16-18)24-14-12-17-4-8-20(28-2)9-5-17/h4-11,13,15-16H,3,12,14H2,1-2H3,(H,24,25)(H,26,27). The van der Waals surface area contributed by atoms with Gasteiger partial charge in [0.05, 0.1) is 13.7 Å². The number of methoxy groups -OCH3 is 1. The molecule has 0 unspecified atom stereocenters. The van der Waals surface area contributed by atoms with E-state index in [9.17, 15) is 4.79 Å². The quantitative estimate of drug-likeness (QED) is 0.566. The van der Waals surface area contributed by atoms with E-state index in [4.69, 9.17) is 9.47 Å². The lowest BCUT2D eigenvalue weighted by molar-refractivity contribution is 0.102. The Morgan fingerprint density at radius 2 is 1.72 bits per heavy atom. The zero-order valence-corrected chi connectivity index (χ0v) is 16.6. The van der Waals surface area contributed by atoms with Gasteiger partial charge >= 0.3 is 0 Å². The van der Waals surface area contributed by atoms with Crippen molar-refractivity contribution < 1.29 is 14.3 Å². The summed E-state index contributed by atoms with van der Waals surface area (Å²) in [7, 11) is 1.65. The van der Waals surface area contributed by atoms with Crippen molar-refractivity contribution in [2.24, 2.45) is 0 Å². The van der Waals surface area contributed by atoms with E-state index < -0.39 is 0 Å². The highest BCUT2D eigenvalue weighted by atomic mass is 16.5. The summed E-state index contributed by atoms with van der Waals surface area (Å²) in [5.74, 6) is 2.10. The van der Waals surface area contributed by atoms with Gasteiger partial charge in [0, 0.05) is 24.0 Å². The first kappa shape index (κ1) is 20.2. The summed E-state index contributed by atoms with van der Waals surface area (Å²) in [4.78, 5) is 16.8. The molecule has 0 saturated heterocycles. The van der Waals surface area contributed by atoms with Crippen LogP contribution in [0.1, 0.15) is 22.8 Å². The summed E-state index contributed by atoms with van der Waals surface area (Å²) in [5.41, 5.74) is 2.45. The largest absolute Gasteiger partial charge is 0.497 e. The van der Waals surface area contributed by atoms with Gasteiger partial charge in [-0.05, 0) is 67.4 Å². The Hall–Kier alpha value is -3.54. The maximum Gasteiger partial charge on any atom is 0.255 e. The van der Waals surface area contributed by atoms with Crippen LogP contribution in [0.5, 0.6) is 11.5 Å². The van der Waals surface area contributed by atoms with Crippen molar-refractivity contribution in [3.63, 3.8) is 0 Å². The summed E-state index contributed by atoms with van der Waals surface area (Å²) in [6, 6.07) is 18.7. The average Bonchev–Trinajstić information content (AvgIpc) is 2.76. The first-order valence-corrected chi connectivity index (χ1v) is 9.55. The molecule has 0 radical (unpaired) electrons. The maximum atomic E-state index is 12.5. The fourth-order valence-corrected chi connectivity index (χ4v) is 2.80. The van der Waals surface area contributed by atoms with Crippen LogP contribution in [0.15, 0.2) is 66.9 Å². The highest BCUT2D eigenvalue weighted by molar-refractivity contribution is 6.04. The van der Waals surface area contributed by atoms with Crippen molar-refractivity contribution in [3.05, 3.63) is 78.0 Å². The van der Waals surface area contributed by atoms with E-state index >= 15 is 0 Å². The number of hydrogen-bond acceptors (Lipinski definition) is 5. The Kier molecular flexibility index (Phi) is 7.05. The van der Waals surface area contributed by atoms with Gasteiger partial charge in [-0.15, -0.1) is 0 Å². The lowest BCUT2D eigenvalue weighted by Gasteiger charge is -2.09. The van der Waals surface area contributed by atoms with Crippen molar-refractivity contribution >= 4 is 17.4 Å². The van der Waals surface area contributed by atoms with Gasteiger partial charge in [-0.3, -0.25) is 4.79 Å². The van der Waals surface area contributed by atoms with Crippen LogP contribution in [0.25, 0.3) is 0 Å². The first-order valence-electron chi connectivity index (χ1n) is 9.55. The Balaban J connectivity index is 1.54. The molecule has 1 aromatic heterocycles. The molecule has 0 aliphatic rings. The molecule has 6 heteroatoms. The highest BCUT2D eigenvalue weighted by Gasteiger charge is 2.08. The second kappa shape index (κ2) is 10.1. The number of aromatic nitrogens is 1. The number of nitrogens with one attached hydrogen (secondary N) is 2. The van der Waals surface area contributed by atoms with E-state index in [0.29, 0.717) is 30.2 Å². The smallest absolute Gasteiger partial charge is 0.255 e. The molecule has 2 N–H and O–H groups in total. The monoisotopic (exact) mass is 391 g/mol. The van der Waals surface area contributed by atoms with Crippen LogP contribution in [0, 0.1) is 0 Å². The molecule has 0 saturated carbocycles. The van der Waals surface area contributed by atoms with Gasteiger partial charge in [0.15, 0.2) is 0 Å². The molecule has 0 spiro atoms. The van der Waals surface area contributed by atoms with Crippen molar-refractivity contribution in [2.75, 3.05) is 30.9 Å². The van der Waals surface area contributed by atoms with Crippen LogP contribution in [-0.2, 0) is 6.42 Å². The Labute approximate surface area is 170 Å². The lowest BCUT2D eigenvalue weighted by atomic mass is 10.1. The van der Waals surface area contributed by atoms with Gasteiger partial charge in [0.25, 0.3) is 5.91 Å². The molecule has 0 bridgehead atoms. The fraction of sp³-hybridized carbons (Fsp3) is 0.217. The number of carbonyl (C=O) groups excluding carboxylic acids is 1. The summed E-state index contributed by atoms with van der Waals surface area (Å²) in [6.45, 7) is 3.25. The SMILES string of the molecule is CCOc1ccc(NC(=O)c2ccnc(NCCc3ccc(OC)cc3)c2)cc1. The van der Waals surface area contributed by atoms with Crippen molar-refractivity contribution in [1.29, 1.82) is 0 Å².